The van der Waals surface area contributed by atoms with Gasteiger partial charge < -0.3 is 14.9 Å². The third-order valence-corrected chi connectivity index (χ3v) is 8.77. The summed E-state index contributed by atoms with van der Waals surface area (Å²) >= 11 is 0. The molecule has 3 saturated carbocycles. The van der Waals surface area contributed by atoms with E-state index in [9.17, 15) is 19.8 Å². The van der Waals surface area contributed by atoms with Crippen LogP contribution in [0.25, 0.3) is 0 Å². The molecule has 0 aromatic rings. The van der Waals surface area contributed by atoms with E-state index in [1.807, 2.05) is 13.0 Å². The first kappa shape index (κ1) is 17.8. The van der Waals surface area contributed by atoms with Crippen LogP contribution in [0.2, 0.25) is 0 Å². The molecule has 0 radical (unpaired) electrons. The highest BCUT2D eigenvalue weighted by Gasteiger charge is 2.79. The predicted octanol–water partition coefficient (Wildman–Crippen LogP) is 1.82. The Kier molecular flexibility index (Phi) is 3.42. The quantitative estimate of drug-likeness (QED) is 0.722. The second kappa shape index (κ2) is 5.19. The lowest BCUT2D eigenvalue weighted by molar-refractivity contribution is -0.151. The minimum atomic E-state index is -1.45. The molecule has 1 aliphatic heterocycles. The van der Waals surface area contributed by atoms with Crippen molar-refractivity contribution < 1.29 is 24.5 Å². The van der Waals surface area contributed by atoms with Crippen LogP contribution < -0.4 is 0 Å². The summed E-state index contributed by atoms with van der Waals surface area (Å²) in [6, 6.07) is 0. The van der Waals surface area contributed by atoms with Gasteiger partial charge in [0.05, 0.1) is 6.10 Å². The molecule has 146 valence electrons. The maximum atomic E-state index is 12.5. The molecule has 0 aromatic heterocycles. The van der Waals surface area contributed by atoms with Gasteiger partial charge in [-0.3, -0.25) is 9.59 Å². The minimum absolute atomic E-state index is 0.00850. The molecule has 1 heterocycles. The molecule has 2 N–H and O–H groups in total. The van der Waals surface area contributed by atoms with Gasteiger partial charge in [-0.15, -0.1) is 0 Å². The van der Waals surface area contributed by atoms with E-state index in [0.717, 1.165) is 12.8 Å². The number of hydrogen-bond donors (Lipinski definition) is 2. The van der Waals surface area contributed by atoms with E-state index < -0.39 is 18.0 Å². The van der Waals surface area contributed by atoms with Crippen LogP contribution in [0.5, 0.6) is 0 Å². The van der Waals surface area contributed by atoms with E-state index in [1.54, 1.807) is 12.2 Å². The number of Topliss-reactive ketones (excluding diaryl/α,β-unsaturated/α-hetero) is 1. The monoisotopic (exact) mass is 372 g/mol. The van der Waals surface area contributed by atoms with Gasteiger partial charge in [0, 0.05) is 11.3 Å². The fraction of sp³-hybridized carbons (Fsp3) is 0.727. The highest BCUT2D eigenvalue weighted by molar-refractivity contribution is 6.01. The normalized spacial score (nSPS) is 55.1. The molecule has 9 atom stereocenters. The molecule has 1 spiro atoms. The second-order valence-corrected chi connectivity index (χ2v) is 9.73. The van der Waals surface area contributed by atoms with Crippen molar-refractivity contribution in [3.05, 3.63) is 23.8 Å². The third kappa shape index (κ3) is 1.86. The average Bonchev–Trinajstić information content (AvgIpc) is 3.32. The number of carbonyl (C=O) groups is 2. The maximum Gasteiger partial charge on any atom is 0.190 e. The summed E-state index contributed by atoms with van der Waals surface area (Å²) in [7, 11) is 0. The molecule has 4 fully saturated rings. The molecule has 5 heteroatoms. The first-order chi connectivity index (χ1) is 12.7. The molecule has 27 heavy (non-hydrogen) atoms. The Morgan fingerprint density at radius 1 is 1.26 bits per heavy atom. The Morgan fingerprint density at radius 2 is 2.00 bits per heavy atom. The molecule has 5 aliphatic rings. The van der Waals surface area contributed by atoms with Crippen molar-refractivity contribution in [2.75, 3.05) is 6.61 Å². The van der Waals surface area contributed by atoms with E-state index in [2.05, 4.69) is 13.8 Å². The molecular formula is C22H28O5. The molecule has 1 saturated heterocycles. The summed E-state index contributed by atoms with van der Waals surface area (Å²) in [5.74, 6) is -0.00791. The molecule has 5 nitrogen and oxygen atoms in total. The topological polar surface area (TPSA) is 87.1 Å². The van der Waals surface area contributed by atoms with Crippen LogP contribution in [0.4, 0.5) is 0 Å². The van der Waals surface area contributed by atoms with E-state index in [-0.39, 0.29) is 52.5 Å². The lowest BCUT2D eigenvalue weighted by Crippen LogP contribution is -2.58. The largest absolute Gasteiger partial charge is 0.388 e. The average molecular weight is 372 g/mol. The number of fused-ring (bicyclic) bond motifs is 3. The van der Waals surface area contributed by atoms with Crippen molar-refractivity contribution in [1.29, 1.82) is 0 Å². The van der Waals surface area contributed by atoms with Crippen LogP contribution in [0, 0.1) is 35.0 Å². The van der Waals surface area contributed by atoms with Gasteiger partial charge in [-0.1, -0.05) is 25.5 Å². The second-order valence-electron chi connectivity index (χ2n) is 9.73. The predicted molar refractivity (Wildman–Crippen MR) is 97.6 cm³/mol. The lowest BCUT2D eigenvalue weighted by Gasteiger charge is -2.54. The molecular weight excluding hydrogens is 344 g/mol. The van der Waals surface area contributed by atoms with Crippen LogP contribution in [0.1, 0.15) is 40.0 Å². The van der Waals surface area contributed by atoms with Crippen LogP contribution >= 0.6 is 0 Å². The zero-order chi connectivity index (χ0) is 19.4. The zero-order valence-corrected chi connectivity index (χ0v) is 16.1. The standard InChI is InChI=1S/C22H28O5/c1-11-6-17-14-7-12(2)21(26,18(25)10-23)16(14)9-19-22(17,27-19)20(3)5-4-13(24)8-15(11)20/h4-5,8,11-12,14,16-17,19,23,26H,6-7,9-10H2,1-3H3/t11-,12-,14-,16?,17+,19-,20+,21-,22+/m1/s1. The Bertz CT molecular complexity index is 799. The smallest absolute Gasteiger partial charge is 0.190 e. The first-order valence-electron chi connectivity index (χ1n) is 10.2. The van der Waals surface area contributed by atoms with E-state index in [0.29, 0.717) is 6.42 Å². The van der Waals surface area contributed by atoms with Crippen molar-refractivity contribution in [1.82, 2.24) is 0 Å². The van der Waals surface area contributed by atoms with Crippen molar-refractivity contribution in [3.8, 4) is 0 Å². The number of hydrogen-bond acceptors (Lipinski definition) is 5. The summed E-state index contributed by atoms with van der Waals surface area (Å²) in [6.45, 7) is 5.68. The molecule has 1 unspecified atom stereocenters. The summed E-state index contributed by atoms with van der Waals surface area (Å²) < 4.78 is 6.42. The van der Waals surface area contributed by atoms with Gasteiger partial charge in [-0.25, -0.2) is 0 Å². The molecule has 0 aromatic carbocycles. The van der Waals surface area contributed by atoms with Crippen LogP contribution in [-0.2, 0) is 14.3 Å². The Balaban J connectivity index is 1.58. The molecule has 4 aliphatic carbocycles. The van der Waals surface area contributed by atoms with E-state index in [1.165, 1.54) is 5.57 Å². The number of ether oxygens (including phenoxy) is 1. The third-order valence-electron chi connectivity index (χ3n) is 8.77. The molecule has 0 bridgehead atoms. The van der Waals surface area contributed by atoms with Gasteiger partial charge in [0.1, 0.15) is 17.8 Å². The van der Waals surface area contributed by atoms with Crippen molar-refractivity contribution in [3.63, 3.8) is 0 Å². The Hall–Kier alpha value is -1.30. The van der Waals surface area contributed by atoms with Crippen LogP contribution in [-0.4, -0.2) is 45.7 Å². The highest BCUT2D eigenvalue weighted by Crippen LogP contribution is 2.74. The zero-order valence-electron chi connectivity index (χ0n) is 16.1. The van der Waals surface area contributed by atoms with Crippen molar-refractivity contribution >= 4 is 11.6 Å². The number of aliphatic hydroxyl groups is 2. The number of carbonyl (C=O) groups excluding carboxylic acids is 2. The minimum Gasteiger partial charge on any atom is -0.388 e. The summed E-state index contributed by atoms with van der Waals surface area (Å²) in [4.78, 5) is 24.5. The van der Waals surface area contributed by atoms with Crippen molar-refractivity contribution in [2.24, 2.45) is 35.0 Å². The highest BCUT2D eigenvalue weighted by atomic mass is 16.6. The first-order valence-corrected chi connectivity index (χ1v) is 10.2. The van der Waals surface area contributed by atoms with Gasteiger partial charge >= 0.3 is 0 Å². The van der Waals surface area contributed by atoms with Crippen molar-refractivity contribution in [2.45, 2.75) is 57.3 Å². The van der Waals surface area contributed by atoms with Gasteiger partial charge in [0.25, 0.3) is 0 Å². The van der Waals surface area contributed by atoms with Crippen LogP contribution in [0.15, 0.2) is 23.8 Å². The number of epoxide rings is 1. The lowest BCUT2D eigenvalue weighted by atomic mass is 9.48. The van der Waals surface area contributed by atoms with Gasteiger partial charge in [0.2, 0.25) is 0 Å². The number of allylic oxidation sites excluding steroid dienone is 2. The summed E-state index contributed by atoms with van der Waals surface area (Å²) in [5, 5.41) is 20.8. The Morgan fingerprint density at radius 3 is 2.70 bits per heavy atom. The SMILES string of the molecule is C[C@@H]1C[C@H]2[C@@H]3C[C@@H](C)[C@](O)(C(=O)CO)C3C[C@H]3O[C@]32[C@@]2(C)C=CC(=O)C=C12. The van der Waals surface area contributed by atoms with E-state index >= 15 is 0 Å². The number of ketones is 2. The number of rotatable bonds is 2. The van der Waals surface area contributed by atoms with Gasteiger partial charge in [-0.05, 0) is 62.0 Å². The van der Waals surface area contributed by atoms with Gasteiger partial charge in [-0.2, -0.15) is 0 Å². The van der Waals surface area contributed by atoms with Crippen LogP contribution in [0.3, 0.4) is 0 Å². The number of aliphatic hydroxyl groups excluding tert-OH is 1. The van der Waals surface area contributed by atoms with Gasteiger partial charge in [0.15, 0.2) is 11.6 Å². The molecule has 5 rings (SSSR count). The maximum absolute atomic E-state index is 12.5. The fourth-order valence-electron chi connectivity index (χ4n) is 7.56. The fourth-order valence-corrected chi connectivity index (χ4v) is 7.56. The summed E-state index contributed by atoms with van der Waals surface area (Å²) in [5.41, 5.74) is -0.906. The Labute approximate surface area is 159 Å². The van der Waals surface area contributed by atoms with E-state index in [4.69, 9.17) is 4.74 Å². The summed E-state index contributed by atoms with van der Waals surface area (Å²) in [6.07, 6.45) is 7.83. The molecule has 0 amide bonds.